The first-order chi connectivity index (χ1) is 6.31. The maximum Gasteiger partial charge on any atom is 0.321 e. The Labute approximate surface area is 75.1 Å². The number of nitrogens with zero attached hydrogens (tertiary/aromatic N) is 3. The van der Waals surface area contributed by atoms with Gasteiger partial charge in [-0.15, -0.1) is 5.10 Å². The highest BCUT2D eigenvalue weighted by Crippen LogP contribution is 2.12. The normalized spacial score (nSPS) is 10.5. The van der Waals surface area contributed by atoms with Crippen LogP contribution in [0.1, 0.15) is 6.92 Å². The Kier molecular flexibility index (Phi) is 1.77. The van der Waals surface area contributed by atoms with Crippen LogP contribution in [0.15, 0.2) is 18.3 Å². The maximum absolute atomic E-state index is 5.62. The van der Waals surface area contributed by atoms with Crippen molar-refractivity contribution in [1.82, 2.24) is 14.6 Å². The lowest BCUT2D eigenvalue weighted by Gasteiger charge is -1.99. The first kappa shape index (κ1) is 7.85. The van der Waals surface area contributed by atoms with Crippen LogP contribution in [0.5, 0.6) is 6.01 Å². The van der Waals surface area contributed by atoms with Gasteiger partial charge in [-0.3, -0.25) is 4.40 Å². The van der Waals surface area contributed by atoms with Gasteiger partial charge in [0.15, 0.2) is 5.65 Å². The summed E-state index contributed by atoms with van der Waals surface area (Å²) in [6, 6.07) is 4.05. The number of hydrogen-bond acceptors (Lipinski definition) is 4. The second-order valence-electron chi connectivity index (χ2n) is 2.61. The molecule has 0 saturated heterocycles. The Hall–Kier alpha value is -1.78. The number of nitrogen functional groups attached to an aromatic ring is 1. The molecule has 0 atom stereocenters. The molecule has 13 heavy (non-hydrogen) atoms. The molecule has 0 aromatic carbocycles. The van der Waals surface area contributed by atoms with Crippen molar-refractivity contribution in [1.29, 1.82) is 0 Å². The van der Waals surface area contributed by atoms with E-state index in [1.54, 1.807) is 22.7 Å². The number of hydrogen-bond donors (Lipinski definition) is 1. The molecule has 0 aliphatic heterocycles. The number of ether oxygens (including phenoxy) is 1. The standard InChI is InChI=1S/C8H10N4O/c1-2-13-8-11-10-7-4-3-6(9)5-12(7)8/h3-5H,2,9H2,1H3. The fraction of sp³-hybridized carbons (Fsp3) is 0.250. The fourth-order valence-electron chi connectivity index (χ4n) is 1.11. The van der Waals surface area contributed by atoms with Crippen LogP contribution in [0.3, 0.4) is 0 Å². The van der Waals surface area contributed by atoms with E-state index in [0.717, 1.165) is 5.65 Å². The van der Waals surface area contributed by atoms with Gasteiger partial charge in [0.1, 0.15) is 0 Å². The van der Waals surface area contributed by atoms with E-state index in [-0.39, 0.29) is 0 Å². The first-order valence-electron chi connectivity index (χ1n) is 4.04. The van der Waals surface area contributed by atoms with E-state index < -0.39 is 0 Å². The Balaban J connectivity index is 2.58. The summed E-state index contributed by atoms with van der Waals surface area (Å²) < 4.78 is 6.97. The summed E-state index contributed by atoms with van der Waals surface area (Å²) in [7, 11) is 0. The smallest absolute Gasteiger partial charge is 0.321 e. The minimum atomic E-state index is 0.477. The zero-order chi connectivity index (χ0) is 9.26. The third-order valence-corrected chi connectivity index (χ3v) is 1.67. The second kappa shape index (κ2) is 2.93. The summed E-state index contributed by atoms with van der Waals surface area (Å²) in [5, 5.41) is 7.77. The van der Waals surface area contributed by atoms with Gasteiger partial charge >= 0.3 is 6.01 Å². The molecule has 0 saturated carbocycles. The summed E-state index contributed by atoms with van der Waals surface area (Å²) in [5.74, 6) is 0. The van der Waals surface area contributed by atoms with E-state index in [0.29, 0.717) is 18.3 Å². The zero-order valence-electron chi connectivity index (χ0n) is 7.27. The Bertz CT molecular complexity index is 423. The van der Waals surface area contributed by atoms with Crippen LogP contribution in [0.2, 0.25) is 0 Å². The lowest BCUT2D eigenvalue weighted by molar-refractivity contribution is 0.309. The SMILES string of the molecule is CCOc1nnc2ccc(N)cn12. The van der Waals surface area contributed by atoms with Crippen LogP contribution in [0, 0.1) is 0 Å². The molecule has 0 unspecified atom stereocenters. The largest absolute Gasteiger partial charge is 0.464 e. The van der Waals surface area contributed by atoms with Gasteiger partial charge in [0, 0.05) is 11.9 Å². The van der Waals surface area contributed by atoms with Crippen molar-refractivity contribution in [2.75, 3.05) is 12.3 Å². The van der Waals surface area contributed by atoms with E-state index in [2.05, 4.69) is 10.2 Å². The summed E-state index contributed by atoms with van der Waals surface area (Å²) in [6.07, 6.45) is 1.74. The van der Waals surface area contributed by atoms with E-state index in [4.69, 9.17) is 10.5 Å². The van der Waals surface area contributed by atoms with Crippen molar-refractivity contribution < 1.29 is 4.74 Å². The number of rotatable bonds is 2. The average Bonchev–Trinajstić information content (AvgIpc) is 2.49. The van der Waals surface area contributed by atoms with Crippen molar-refractivity contribution in [3.63, 3.8) is 0 Å². The molecule has 0 aliphatic rings. The van der Waals surface area contributed by atoms with Gasteiger partial charge in [0.2, 0.25) is 0 Å². The van der Waals surface area contributed by atoms with Crippen molar-refractivity contribution in [3.05, 3.63) is 18.3 Å². The van der Waals surface area contributed by atoms with Crippen LogP contribution in [0.4, 0.5) is 5.69 Å². The van der Waals surface area contributed by atoms with Crippen molar-refractivity contribution in [3.8, 4) is 6.01 Å². The highest BCUT2D eigenvalue weighted by molar-refractivity contribution is 5.47. The minimum absolute atomic E-state index is 0.477. The van der Waals surface area contributed by atoms with Gasteiger partial charge in [0.05, 0.1) is 6.61 Å². The molecule has 0 fully saturated rings. The molecule has 0 spiro atoms. The molecule has 2 rings (SSSR count). The lowest BCUT2D eigenvalue weighted by atomic mass is 10.4. The molecule has 2 aromatic heterocycles. The van der Waals surface area contributed by atoms with Crippen LogP contribution in [-0.4, -0.2) is 21.2 Å². The number of fused-ring (bicyclic) bond motifs is 1. The summed E-state index contributed by atoms with van der Waals surface area (Å²) in [4.78, 5) is 0. The Morgan fingerprint density at radius 3 is 3.08 bits per heavy atom. The van der Waals surface area contributed by atoms with Crippen molar-refractivity contribution >= 4 is 11.3 Å². The third kappa shape index (κ3) is 1.28. The van der Waals surface area contributed by atoms with E-state index in [1.807, 2.05) is 6.92 Å². The molecule has 2 heterocycles. The molecule has 0 radical (unpaired) electrons. The van der Waals surface area contributed by atoms with Gasteiger partial charge in [-0.05, 0) is 19.1 Å². The summed E-state index contributed by atoms with van der Waals surface area (Å²) >= 11 is 0. The quantitative estimate of drug-likeness (QED) is 0.735. The van der Waals surface area contributed by atoms with Crippen molar-refractivity contribution in [2.45, 2.75) is 6.92 Å². The zero-order valence-corrected chi connectivity index (χ0v) is 7.27. The van der Waals surface area contributed by atoms with Gasteiger partial charge in [-0.2, -0.15) is 0 Å². The third-order valence-electron chi connectivity index (χ3n) is 1.67. The number of aromatic nitrogens is 3. The lowest BCUT2D eigenvalue weighted by Crippen LogP contribution is -1.97. The number of pyridine rings is 1. The highest BCUT2D eigenvalue weighted by Gasteiger charge is 2.04. The second-order valence-corrected chi connectivity index (χ2v) is 2.61. The molecule has 5 heteroatoms. The Morgan fingerprint density at radius 2 is 2.31 bits per heavy atom. The van der Waals surface area contributed by atoms with Crippen LogP contribution >= 0.6 is 0 Å². The number of anilines is 1. The molecule has 0 amide bonds. The molecule has 68 valence electrons. The van der Waals surface area contributed by atoms with Crippen LogP contribution < -0.4 is 10.5 Å². The molecular formula is C8H10N4O. The predicted molar refractivity (Wildman–Crippen MR) is 48.6 cm³/mol. The summed E-state index contributed by atoms with van der Waals surface area (Å²) in [6.45, 7) is 2.46. The molecule has 2 N–H and O–H groups in total. The van der Waals surface area contributed by atoms with Crippen LogP contribution in [0.25, 0.3) is 5.65 Å². The van der Waals surface area contributed by atoms with Gasteiger partial charge < -0.3 is 10.5 Å². The average molecular weight is 178 g/mol. The van der Waals surface area contributed by atoms with Gasteiger partial charge in [0.25, 0.3) is 0 Å². The summed E-state index contributed by atoms with van der Waals surface area (Å²) in [5.41, 5.74) is 7.01. The van der Waals surface area contributed by atoms with E-state index in [9.17, 15) is 0 Å². The van der Waals surface area contributed by atoms with Gasteiger partial charge in [-0.1, -0.05) is 5.10 Å². The van der Waals surface area contributed by atoms with Crippen LogP contribution in [-0.2, 0) is 0 Å². The van der Waals surface area contributed by atoms with E-state index in [1.165, 1.54) is 0 Å². The Morgan fingerprint density at radius 1 is 1.46 bits per heavy atom. The minimum Gasteiger partial charge on any atom is -0.464 e. The van der Waals surface area contributed by atoms with Crippen molar-refractivity contribution in [2.24, 2.45) is 0 Å². The van der Waals surface area contributed by atoms with Gasteiger partial charge in [-0.25, -0.2) is 0 Å². The molecule has 2 aromatic rings. The molecule has 0 aliphatic carbocycles. The predicted octanol–water partition coefficient (Wildman–Crippen LogP) is 0.710. The molecular weight excluding hydrogens is 168 g/mol. The topological polar surface area (TPSA) is 65.4 Å². The highest BCUT2D eigenvalue weighted by atomic mass is 16.5. The maximum atomic E-state index is 5.62. The van der Waals surface area contributed by atoms with E-state index >= 15 is 0 Å². The molecule has 0 bridgehead atoms. The first-order valence-corrected chi connectivity index (χ1v) is 4.04. The molecule has 5 nitrogen and oxygen atoms in total. The number of nitrogens with two attached hydrogens (primary N) is 1. The fourth-order valence-corrected chi connectivity index (χ4v) is 1.11. The monoisotopic (exact) mass is 178 g/mol.